The second-order valence-electron chi connectivity index (χ2n) is 7.53. The van der Waals surface area contributed by atoms with Gasteiger partial charge in [-0.05, 0) is 32.9 Å². The summed E-state index contributed by atoms with van der Waals surface area (Å²) in [5.74, 6) is 5.19. The SMILES string of the molecule is CC1CCCC(CNc2cc(N3CCSCC3)ncn2)(N(C)C)C1. The first-order chi connectivity index (χ1) is 11.6. The molecule has 1 N–H and O–H groups in total. The maximum Gasteiger partial charge on any atom is 0.134 e. The minimum Gasteiger partial charge on any atom is -0.368 e. The van der Waals surface area contributed by atoms with Gasteiger partial charge in [-0.2, -0.15) is 11.8 Å². The summed E-state index contributed by atoms with van der Waals surface area (Å²) in [5, 5.41) is 3.61. The Labute approximate surface area is 150 Å². The molecule has 0 amide bonds. The number of nitrogens with one attached hydrogen (secondary N) is 1. The fourth-order valence-corrected chi connectivity index (χ4v) is 4.92. The van der Waals surface area contributed by atoms with Crippen LogP contribution in [-0.2, 0) is 0 Å². The zero-order chi connectivity index (χ0) is 17.0. The van der Waals surface area contributed by atoms with Gasteiger partial charge < -0.3 is 15.1 Å². The number of likely N-dealkylation sites (N-methyl/N-ethyl adjacent to an activating group) is 1. The minimum atomic E-state index is 0.241. The summed E-state index contributed by atoms with van der Waals surface area (Å²) >= 11 is 2.02. The molecular formula is C18H31N5S. The molecule has 1 aliphatic carbocycles. The van der Waals surface area contributed by atoms with Crippen molar-refractivity contribution in [1.29, 1.82) is 0 Å². The van der Waals surface area contributed by atoms with Gasteiger partial charge in [-0.15, -0.1) is 0 Å². The third kappa shape index (κ3) is 4.14. The van der Waals surface area contributed by atoms with E-state index >= 15 is 0 Å². The number of anilines is 2. The van der Waals surface area contributed by atoms with E-state index in [4.69, 9.17) is 0 Å². The Morgan fingerprint density at radius 3 is 2.83 bits per heavy atom. The van der Waals surface area contributed by atoms with Crippen LogP contribution in [0.1, 0.15) is 32.6 Å². The van der Waals surface area contributed by atoms with E-state index in [1.165, 1.54) is 37.2 Å². The van der Waals surface area contributed by atoms with Gasteiger partial charge in [0.05, 0.1) is 0 Å². The first-order valence-corrected chi connectivity index (χ1v) is 10.3. The van der Waals surface area contributed by atoms with Crippen LogP contribution in [0.3, 0.4) is 0 Å². The third-order valence-electron chi connectivity index (χ3n) is 5.60. The Kier molecular flexibility index (Phi) is 5.87. The third-order valence-corrected chi connectivity index (χ3v) is 6.54. The Balaban J connectivity index is 1.66. The van der Waals surface area contributed by atoms with Gasteiger partial charge in [0.25, 0.3) is 0 Å². The first kappa shape index (κ1) is 17.8. The van der Waals surface area contributed by atoms with Gasteiger partial charge >= 0.3 is 0 Å². The molecule has 1 aliphatic heterocycles. The van der Waals surface area contributed by atoms with Crippen LogP contribution in [0.5, 0.6) is 0 Å². The zero-order valence-electron chi connectivity index (χ0n) is 15.3. The molecule has 0 bridgehead atoms. The number of aromatic nitrogens is 2. The molecule has 5 nitrogen and oxygen atoms in total. The maximum absolute atomic E-state index is 4.48. The van der Waals surface area contributed by atoms with Gasteiger partial charge in [0, 0.05) is 42.7 Å². The van der Waals surface area contributed by atoms with Crippen molar-refractivity contribution < 1.29 is 0 Å². The van der Waals surface area contributed by atoms with E-state index < -0.39 is 0 Å². The molecular weight excluding hydrogens is 318 g/mol. The Morgan fingerprint density at radius 2 is 2.12 bits per heavy atom. The molecule has 2 fully saturated rings. The van der Waals surface area contributed by atoms with E-state index in [-0.39, 0.29) is 5.54 Å². The highest BCUT2D eigenvalue weighted by molar-refractivity contribution is 7.99. The summed E-state index contributed by atoms with van der Waals surface area (Å²) in [4.78, 5) is 13.7. The predicted molar refractivity (Wildman–Crippen MR) is 104 cm³/mol. The summed E-state index contributed by atoms with van der Waals surface area (Å²) in [5.41, 5.74) is 0.241. The van der Waals surface area contributed by atoms with Crippen LogP contribution >= 0.6 is 11.8 Å². The van der Waals surface area contributed by atoms with Crippen LogP contribution in [0.25, 0.3) is 0 Å². The van der Waals surface area contributed by atoms with Crippen molar-refractivity contribution in [3.05, 3.63) is 12.4 Å². The molecule has 0 spiro atoms. The lowest BCUT2D eigenvalue weighted by atomic mass is 9.75. The molecule has 2 heterocycles. The number of nitrogens with zero attached hydrogens (tertiary/aromatic N) is 4. The van der Waals surface area contributed by atoms with Crippen molar-refractivity contribution in [2.45, 2.75) is 38.1 Å². The van der Waals surface area contributed by atoms with Crippen LogP contribution in [0.4, 0.5) is 11.6 Å². The van der Waals surface area contributed by atoms with Gasteiger partial charge in [-0.25, -0.2) is 9.97 Å². The van der Waals surface area contributed by atoms with Crippen molar-refractivity contribution in [3.63, 3.8) is 0 Å². The molecule has 24 heavy (non-hydrogen) atoms. The number of thioether (sulfide) groups is 1. The van der Waals surface area contributed by atoms with E-state index in [0.717, 1.165) is 37.2 Å². The normalized spacial score (nSPS) is 28.2. The molecule has 1 saturated carbocycles. The lowest BCUT2D eigenvalue weighted by Gasteiger charge is -2.45. The van der Waals surface area contributed by atoms with E-state index in [1.54, 1.807) is 6.33 Å². The zero-order valence-corrected chi connectivity index (χ0v) is 16.1. The molecule has 0 radical (unpaired) electrons. The summed E-state index contributed by atoms with van der Waals surface area (Å²) in [6.45, 7) is 5.51. The van der Waals surface area contributed by atoms with Crippen LogP contribution in [0, 0.1) is 5.92 Å². The lowest BCUT2D eigenvalue weighted by Crippen LogP contribution is -2.52. The molecule has 2 atom stereocenters. The van der Waals surface area contributed by atoms with Crippen molar-refractivity contribution >= 4 is 23.4 Å². The minimum absolute atomic E-state index is 0.241. The molecule has 134 valence electrons. The molecule has 2 aliphatic rings. The maximum atomic E-state index is 4.48. The Morgan fingerprint density at radius 1 is 1.33 bits per heavy atom. The average Bonchev–Trinajstić information content (AvgIpc) is 2.61. The van der Waals surface area contributed by atoms with Gasteiger partial charge in [0.2, 0.25) is 0 Å². The summed E-state index contributed by atoms with van der Waals surface area (Å²) in [6, 6.07) is 2.12. The summed E-state index contributed by atoms with van der Waals surface area (Å²) in [6.07, 6.45) is 6.90. The van der Waals surface area contributed by atoms with Crippen LogP contribution in [0.15, 0.2) is 12.4 Å². The van der Waals surface area contributed by atoms with E-state index in [1.807, 2.05) is 11.8 Å². The van der Waals surface area contributed by atoms with Crippen LogP contribution < -0.4 is 10.2 Å². The highest BCUT2D eigenvalue weighted by Gasteiger charge is 2.36. The molecule has 1 aromatic rings. The lowest BCUT2D eigenvalue weighted by molar-refractivity contribution is 0.0881. The van der Waals surface area contributed by atoms with Crippen LogP contribution in [0.2, 0.25) is 0 Å². The summed E-state index contributed by atoms with van der Waals surface area (Å²) < 4.78 is 0. The van der Waals surface area contributed by atoms with Gasteiger partial charge in [-0.3, -0.25) is 0 Å². The molecule has 2 unspecified atom stereocenters. The second-order valence-corrected chi connectivity index (χ2v) is 8.76. The highest BCUT2D eigenvalue weighted by Crippen LogP contribution is 2.35. The number of hydrogen-bond donors (Lipinski definition) is 1. The van der Waals surface area contributed by atoms with Gasteiger partial charge in [0.15, 0.2) is 0 Å². The largest absolute Gasteiger partial charge is 0.368 e. The van der Waals surface area contributed by atoms with Crippen LogP contribution in [-0.4, -0.2) is 65.6 Å². The van der Waals surface area contributed by atoms with Crippen molar-refractivity contribution in [3.8, 4) is 0 Å². The van der Waals surface area contributed by atoms with Gasteiger partial charge in [-0.1, -0.05) is 19.8 Å². The van der Waals surface area contributed by atoms with Crippen molar-refractivity contribution in [2.24, 2.45) is 5.92 Å². The molecule has 1 saturated heterocycles. The molecule has 6 heteroatoms. The van der Waals surface area contributed by atoms with E-state index in [9.17, 15) is 0 Å². The first-order valence-electron chi connectivity index (χ1n) is 9.15. The van der Waals surface area contributed by atoms with E-state index in [0.29, 0.717) is 0 Å². The summed E-state index contributed by atoms with van der Waals surface area (Å²) in [7, 11) is 4.44. The number of rotatable bonds is 5. The predicted octanol–water partition coefficient (Wildman–Crippen LogP) is 2.95. The highest BCUT2D eigenvalue weighted by atomic mass is 32.2. The number of hydrogen-bond acceptors (Lipinski definition) is 6. The Bertz CT molecular complexity index is 532. The molecule has 1 aromatic heterocycles. The second kappa shape index (κ2) is 7.91. The van der Waals surface area contributed by atoms with E-state index in [2.05, 4.69) is 52.2 Å². The van der Waals surface area contributed by atoms with Gasteiger partial charge in [0.1, 0.15) is 18.0 Å². The fourth-order valence-electron chi connectivity index (χ4n) is 4.02. The van der Waals surface area contributed by atoms with Crippen molar-refractivity contribution in [1.82, 2.24) is 14.9 Å². The monoisotopic (exact) mass is 349 g/mol. The quantitative estimate of drug-likeness (QED) is 0.882. The fraction of sp³-hybridized carbons (Fsp3) is 0.778. The average molecular weight is 350 g/mol. The van der Waals surface area contributed by atoms with Crippen molar-refractivity contribution in [2.75, 3.05) is 55.5 Å². The smallest absolute Gasteiger partial charge is 0.134 e. The standard InChI is InChI=1S/C18H31N5S/c1-15-5-4-6-18(12-15,22(2)3)13-19-16-11-17(21-14-20-16)23-7-9-24-10-8-23/h11,14-15H,4-10,12-13H2,1-3H3,(H,19,20,21). The molecule has 3 rings (SSSR count). The molecule has 0 aromatic carbocycles. The topological polar surface area (TPSA) is 44.3 Å². The Hall–Kier alpha value is -1.01.